The molecule has 0 bridgehead atoms. The lowest BCUT2D eigenvalue weighted by molar-refractivity contribution is 0.102. The van der Waals surface area contributed by atoms with Gasteiger partial charge in [-0.25, -0.2) is 9.37 Å². The van der Waals surface area contributed by atoms with Crippen LogP contribution >= 0.6 is 15.9 Å². The molecule has 0 fully saturated rings. The fourth-order valence-corrected chi connectivity index (χ4v) is 2.03. The summed E-state index contributed by atoms with van der Waals surface area (Å²) in [6.45, 7) is 1.82. The van der Waals surface area contributed by atoms with Gasteiger partial charge in [-0.2, -0.15) is 0 Å². The molecule has 0 saturated carbocycles. The topological polar surface area (TPSA) is 68.0 Å². The Bertz CT molecular complexity index is 646. The summed E-state index contributed by atoms with van der Waals surface area (Å²) < 4.78 is 13.5. The minimum atomic E-state index is -0.572. The van der Waals surface area contributed by atoms with Gasteiger partial charge in [-0.05, 0) is 47.1 Å². The summed E-state index contributed by atoms with van der Waals surface area (Å²) in [5.74, 6) is -0.548. The van der Waals surface area contributed by atoms with E-state index in [0.29, 0.717) is 10.3 Å². The number of carbonyl (C=O) groups excluding carboxylic acids is 1. The molecule has 98 valence electrons. The number of nitrogen functional groups attached to an aromatic ring is 1. The number of nitrogens with one attached hydrogen (secondary N) is 1. The molecule has 0 saturated heterocycles. The highest BCUT2D eigenvalue weighted by Gasteiger charge is 2.14. The van der Waals surface area contributed by atoms with Crippen molar-refractivity contribution in [3.05, 3.63) is 51.9 Å². The van der Waals surface area contributed by atoms with E-state index in [-0.39, 0.29) is 11.3 Å². The van der Waals surface area contributed by atoms with Crippen LogP contribution in [0, 0.1) is 12.7 Å². The van der Waals surface area contributed by atoms with Crippen LogP contribution in [0.3, 0.4) is 0 Å². The van der Waals surface area contributed by atoms with E-state index in [0.717, 1.165) is 11.8 Å². The Hall–Kier alpha value is -1.95. The molecule has 0 spiro atoms. The van der Waals surface area contributed by atoms with Gasteiger partial charge in [0.1, 0.15) is 11.6 Å². The molecule has 1 aromatic heterocycles. The van der Waals surface area contributed by atoms with E-state index in [1.165, 1.54) is 6.07 Å². The molecule has 3 N–H and O–H groups in total. The third-order valence-electron chi connectivity index (χ3n) is 2.46. The first-order chi connectivity index (χ1) is 8.97. The van der Waals surface area contributed by atoms with Gasteiger partial charge in [0.15, 0.2) is 0 Å². The number of nitrogens with two attached hydrogens (primary N) is 1. The Labute approximate surface area is 118 Å². The molecular weight excluding hydrogens is 313 g/mol. The molecule has 0 aliphatic heterocycles. The van der Waals surface area contributed by atoms with Gasteiger partial charge in [0.2, 0.25) is 0 Å². The highest BCUT2D eigenvalue weighted by Crippen LogP contribution is 2.23. The van der Waals surface area contributed by atoms with E-state index in [9.17, 15) is 9.18 Å². The number of aryl methyl sites for hydroxylation is 1. The third-order valence-corrected chi connectivity index (χ3v) is 3.12. The predicted octanol–water partition coefficient (Wildman–Crippen LogP) is 3.13. The van der Waals surface area contributed by atoms with E-state index in [2.05, 4.69) is 26.2 Å². The minimum absolute atomic E-state index is 0.0782. The number of aromatic nitrogens is 1. The predicted molar refractivity (Wildman–Crippen MR) is 75.4 cm³/mol. The standard InChI is InChI=1S/C13H11BrFN3O/c1-7-3-2-4-12(17-7)18-13(19)8-5-11(16)10(15)6-9(8)14/h2-6H,16H2,1H3,(H,17,18,19). The number of amides is 1. The van der Waals surface area contributed by atoms with Gasteiger partial charge < -0.3 is 11.1 Å². The minimum Gasteiger partial charge on any atom is -0.396 e. The fraction of sp³-hybridized carbons (Fsp3) is 0.0769. The van der Waals surface area contributed by atoms with Gasteiger partial charge >= 0.3 is 0 Å². The second-order valence-electron chi connectivity index (χ2n) is 3.97. The maximum absolute atomic E-state index is 13.2. The van der Waals surface area contributed by atoms with Gasteiger partial charge in [0, 0.05) is 10.2 Å². The summed E-state index contributed by atoms with van der Waals surface area (Å²) >= 11 is 3.13. The summed E-state index contributed by atoms with van der Waals surface area (Å²) in [6, 6.07) is 7.72. The molecule has 2 rings (SSSR count). The number of anilines is 2. The molecule has 2 aromatic rings. The quantitative estimate of drug-likeness (QED) is 0.834. The van der Waals surface area contributed by atoms with Crippen LogP contribution in [0.5, 0.6) is 0 Å². The van der Waals surface area contributed by atoms with Crippen LogP contribution in [-0.4, -0.2) is 10.9 Å². The Kier molecular flexibility index (Phi) is 3.80. The van der Waals surface area contributed by atoms with Crippen molar-refractivity contribution in [2.24, 2.45) is 0 Å². The lowest BCUT2D eigenvalue weighted by Gasteiger charge is -2.08. The molecule has 0 radical (unpaired) electrons. The first kappa shape index (κ1) is 13.5. The molecule has 6 heteroatoms. The average Bonchev–Trinajstić information content (AvgIpc) is 2.33. The van der Waals surface area contributed by atoms with Crippen LogP contribution in [0.25, 0.3) is 0 Å². The van der Waals surface area contributed by atoms with Crippen molar-refractivity contribution in [2.75, 3.05) is 11.1 Å². The largest absolute Gasteiger partial charge is 0.396 e. The smallest absolute Gasteiger partial charge is 0.258 e. The van der Waals surface area contributed by atoms with Crippen molar-refractivity contribution >= 4 is 33.3 Å². The van der Waals surface area contributed by atoms with Crippen LogP contribution in [0.1, 0.15) is 16.1 Å². The number of pyridine rings is 1. The number of hydrogen-bond donors (Lipinski definition) is 2. The van der Waals surface area contributed by atoms with E-state index in [1.54, 1.807) is 12.1 Å². The van der Waals surface area contributed by atoms with Crippen LogP contribution < -0.4 is 11.1 Å². The Balaban J connectivity index is 2.28. The maximum Gasteiger partial charge on any atom is 0.258 e. The van der Waals surface area contributed by atoms with Crippen LogP contribution in [0.4, 0.5) is 15.9 Å². The van der Waals surface area contributed by atoms with Crippen LogP contribution in [-0.2, 0) is 0 Å². The summed E-state index contributed by atoms with van der Waals surface area (Å²) in [6.07, 6.45) is 0. The van der Waals surface area contributed by atoms with E-state index >= 15 is 0 Å². The molecule has 1 aromatic carbocycles. The van der Waals surface area contributed by atoms with E-state index in [1.807, 2.05) is 13.0 Å². The second kappa shape index (κ2) is 5.36. The molecule has 1 amide bonds. The SMILES string of the molecule is Cc1cccc(NC(=O)c2cc(N)c(F)cc2Br)n1. The second-order valence-corrected chi connectivity index (χ2v) is 4.83. The Morgan fingerprint density at radius 1 is 1.42 bits per heavy atom. The third kappa shape index (κ3) is 3.08. The van der Waals surface area contributed by atoms with E-state index < -0.39 is 11.7 Å². The zero-order valence-corrected chi connectivity index (χ0v) is 11.7. The molecule has 4 nitrogen and oxygen atoms in total. The lowest BCUT2D eigenvalue weighted by atomic mass is 10.2. The van der Waals surface area contributed by atoms with Gasteiger partial charge in [-0.15, -0.1) is 0 Å². The number of carbonyl (C=O) groups is 1. The molecule has 1 heterocycles. The fourth-order valence-electron chi connectivity index (χ4n) is 1.54. The van der Waals surface area contributed by atoms with Crippen molar-refractivity contribution < 1.29 is 9.18 Å². The van der Waals surface area contributed by atoms with Crippen molar-refractivity contribution in [3.63, 3.8) is 0 Å². The molecule has 19 heavy (non-hydrogen) atoms. The number of rotatable bonds is 2. The molecule has 0 aliphatic rings. The number of benzene rings is 1. The normalized spacial score (nSPS) is 10.3. The van der Waals surface area contributed by atoms with Crippen LogP contribution in [0.2, 0.25) is 0 Å². The van der Waals surface area contributed by atoms with E-state index in [4.69, 9.17) is 5.73 Å². The Morgan fingerprint density at radius 3 is 2.84 bits per heavy atom. The summed E-state index contributed by atoms with van der Waals surface area (Å²) in [7, 11) is 0. The monoisotopic (exact) mass is 323 g/mol. The van der Waals surface area contributed by atoms with Gasteiger partial charge in [0.25, 0.3) is 5.91 Å². The first-order valence-electron chi connectivity index (χ1n) is 5.47. The van der Waals surface area contributed by atoms with Gasteiger partial charge in [-0.3, -0.25) is 4.79 Å². The maximum atomic E-state index is 13.2. The van der Waals surface area contributed by atoms with Gasteiger partial charge in [-0.1, -0.05) is 6.07 Å². The van der Waals surface area contributed by atoms with Crippen molar-refractivity contribution in [2.45, 2.75) is 6.92 Å². The lowest BCUT2D eigenvalue weighted by Crippen LogP contribution is -2.14. The highest BCUT2D eigenvalue weighted by molar-refractivity contribution is 9.10. The molecule has 0 atom stereocenters. The molecule has 0 unspecified atom stereocenters. The summed E-state index contributed by atoms with van der Waals surface area (Å²) in [5.41, 5.74) is 6.41. The molecular formula is C13H11BrFN3O. The number of hydrogen-bond acceptors (Lipinski definition) is 3. The van der Waals surface area contributed by atoms with Gasteiger partial charge in [0.05, 0.1) is 11.3 Å². The number of halogens is 2. The first-order valence-corrected chi connectivity index (χ1v) is 6.26. The zero-order valence-electron chi connectivity index (χ0n) is 10.1. The van der Waals surface area contributed by atoms with Crippen LogP contribution in [0.15, 0.2) is 34.8 Å². The van der Waals surface area contributed by atoms with Crippen molar-refractivity contribution in [1.82, 2.24) is 4.98 Å². The average molecular weight is 324 g/mol. The van der Waals surface area contributed by atoms with Crippen molar-refractivity contribution in [3.8, 4) is 0 Å². The zero-order chi connectivity index (χ0) is 14.0. The van der Waals surface area contributed by atoms with Crippen molar-refractivity contribution in [1.29, 1.82) is 0 Å². The number of nitrogens with zero attached hydrogens (tertiary/aromatic N) is 1. The molecule has 0 aliphatic carbocycles. The Morgan fingerprint density at radius 2 is 2.16 bits per heavy atom. The highest BCUT2D eigenvalue weighted by atomic mass is 79.9. The summed E-state index contributed by atoms with van der Waals surface area (Å²) in [4.78, 5) is 16.2. The summed E-state index contributed by atoms with van der Waals surface area (Å²) in [5, 5.41) is 2.63.